The van der Waals surface area contributed by atoms with Crippen LogP contribution in [-0.4, -0.2) is 40.7 Å². The lowest BCUT2D eigenvalue weighted by Gasteiger charge is -2.36. The zero-order chi connectivity index (χ0) is 15.9. The number of aromatic nitrogens is 2. The number of carbonyl (C=O) groups is 1. The van der Waals surface area contributed by atoms with E-state index in [4.69, 9.17) is 0 Å². The topological polar surface area (TPSA) is 101 Å². The van der Waals surface area contributed by atoms with Crippen LogP contribution in [0.3, 0.4) is 0 Å². The van der Waals surface area contributed by atoms with Gasteiger partial charge in [-0.2, -0.15) is 9.82 Å². The van der Waals surface area contributed by atoms with Crippen molar-refractivity contribution in [2.45, 2.75) is 42.2 Å². The van der Waals surface area contributed by atoms with E-state index in [9.17, 15) is 27.1 Å². The Kier molecular flexibility index (Phi) is 3.79. The molecule has 0 radical (unpaired) electrons. The van der Waals surface area contributed by atoms with Gasteiger partial charge in [0.1, 0.15) is 5.54 Å². The van der Waals surface area contributed by atoms with Crippen LogP contribution in [0.2, 0.25) is 0 Å². The van der Waals surface area contributed by atoms with E-state index in [0.29, 0.717) is 0 Å². The average molecular weight is 323 g/mol. The minimum absolute atomic E-state index is 0.222. The maximum Gasteiger partial charge on any atom is 0.324 e. The van der Waals surface area contributed by atoms with Crippen LogP contribution in [0, 0.1) is 0 Å². The number of hydrogen-bond acceptors (Lipinski definition) is 4. The van der Waals surface area contributed by atoms with Gasteiger partial charge in [0.15, 0.2) is 5.03 Å². The predicted molar refractivity (Wildman–Crippen MR) is 67.3 cm³/mol. The van der Waals surface area contributed by atoms with E-state index in [1.165, 1.54) is 19.3 Å². The second-order valence-electron chi connectivity index (χ2n) is 5.14. The molecule has 1 aliphatic carbocycles. The van der Waals surface area contributed by atoms with Crippen LogP contribution >= 0.6 is 0 Å². The van der Waals surface area contributed by atoms with Gasteiger partial charge in [0, 0.05) is 19.9 Å². The van der Waals surface area contributed by atoms with E-state index < -0.39 is 53.1 Å². The van der Waals surface area contributed by atoms with E-state index in [2.05, 4.69) is 9.82 Å². The summed E-state index contributed by atoms with van der Waals surface area (Å²) in [7, 11) is -2.78. The molecule has 2 rings (SSSR count). The first-order chi connectivity index (χ1) is 9.58. The zero-order valence-electron chi connectivity index (χ0n) is 11.2. The number of carboxylic acids is 1. The van der Waals surface area contributed by atoms with Gasteiger partial charge in [-0.1, -0.05) is 0 Å². The molecule has 1 heterocycles. The Morgan fingerprint density at radius 2 is 1.95 bits per heavy atom. The van der Waals surface area contributed by atoms with Crippen LogP contribution in [0.25, 0.3) is 0 Å². The van der Waals surface area contributed by atoms with Crippen LogP contribution < -0.4 is 4.72 Å². The molecular formula is C11H15F2N3O4S. The van der Waals surface area contributed by atoms with Gasteiger partial charge in [-0.15, -0.1) is 0 Å². The van der Waals surface area contributed by atoms with E-state index in [0.717, 1.165) is 4.68 Å². The number of halogens is 2. The summed E-state index contributed by atoms with van der Waals surface area (Å²) in [6.07, 6.45) is -1.03. The van der Waals surface area contributed by atoms with Gasteiger partial charge >= 0.3 is 5.97 Å². The first-order valence-corrected chi connectivity index (χ1v) is 7.70. The monoisotopic (exact) mass is 323 g/mol. The molecule has 118 valence electrons. The third-order valence-corrected chi connectivity index (χ3v) is 5.24. The minimum Gasteiger partial charge on any atom is -0.480 e. The maximum atomic E-state index is 13.2. The Hall–Kier alpha value is -1.55. The van der Waals surface area contributed by atoms with Crippen molar-refractivity contribution < 1.29 is 27.1 Å². The van der Waals surface area contributed by atoms with Crippen molar-refractivity contribution in [3.05, 3.63) is 12.3 Å². The largest absolute Gasteiger partial charge is 0.480 e. The summed E-state index contributed by atoms with van der Waals surface area (Å²) in [6, 6.07) is 1.20. The third kappa shape index (κ3) is 3.05. The molecule has 10 heteroatoms. The first kappa shape index (κ1) is 15.8. The molecule has 0 unspecified atom stereocenters. The minimum atomic E-state index is -4.16. The second kappa shape index (κ2) is 5.02. The van der Waals surface area contributed by atoms with Crippen molar-refractivity contribution in [1.82, 2.24) is 14.5 Å². The van der Waals surface area contributed by atoms with E-state index >= 15 is 0 Å². The Balaban J connectivity index is 2.30. The van der Waals surface area contributed by atoms with E-state index in [1.54, 1.807) is 0 Å². The highest BCUT2D eigenvalue weighted by atomic mass is 32.2. The summed E-state index contributed by atoms with van der Waals surface area (Å²) >= 11 is 0. The summed E-state index contributed by atoms with van der Waals surface area (Å²) in [5, 5.41) is 12.8. The molecule has 21 heavy (non-hydrogen) atoms. The highest BCUT2D eigenvalue weighted by Gasteiger charge is 2.50. The van der Waals surface area contributed by atoms with Crippen molar-refractivity contribution in [2.24, 2.45) is 7.05 Å². The van der Waals surface area contributed by atoms with E-state index in [1.807, 2.05) is 0 Å². The molecule has 0 atom stereocenters. The van der Waals surface area contributed by atoms with Crippen LogP contribution in [0.5, 0.6) is 0 Å². The molecule has 0 bridgehead atoms. The smallest absolute Gasteiger partial charge is 0.324 e. The lowest BCUT2D eigenvalue weighted by Crippen LogP contribution is -2.57. The van der Waals surface area contributed by atoms with Gasteiger partial charge in [0.05, 0.1) is 6.20 Å². The number of sulfonamides is 1. The molecule has 1 saturated carbocycles. The zero-order valence-corrected chi connectivity index (χ0v) is 12.0. The number of nitrogens with zero attached hydrogens (tertiary/aromatic N) is 2. The number of rotatable bonds is 4. The molecule has 0 amide bonds. The standard InChI is InChI=1S/C11H15F2N3O4S/c1-16-8(2-7-14-16)21(19,20)15-10(9(17)18)3-5-11(12,13)6-4-10/h2,7,15H,3-6H2,1H3,(H,17,18). The van der Waals surface area contributed by atoms with Crippen molar-refractivity contribution in [2.75, 3.05) is 0 Å². The second-order valence-corrected chi connectivity index (χ2v) is 6.77. The summed E-state index contributed by atoms with van der Waals surface area (Å²) < 4.78 is 54.0. The highest BCUT2D eigenvalue weighted by Crippen LogP contribution is 2.39. The molecule has 2 N–H and O–H groups in total. The molecule has 1 fully saturated rings. The SMILES string of the molecule is Cn1nccc1S(=O)(=O)NC1(C(=O)O)CCC(F)(F)CC1. The van der Waals surface area contributed by atoms with Gasteiger partial charge in [-0.3, -0.25) is 9.48 Å². The van der Waals surface area contributed by atoms with Crippen LogP contribution in [0.15, 0.2) is 17.3 Å². The molecule has 7 nitrogen and oxygen atoms in total. The fraction of sp³-hybridized carbons (Fsp3) is 0.636. The van der Waals surface area contributed by atoms with Gasteiger partial charge in [0.2, 0.25) is 5.92 Å². The van der Waals surface area contributed by atoms with Crippen molar-refractivity contribution in [3.63, 3.8) is 0 Å². The number of nitrogens with one attached hydrogen (secondary N) is 1. The van der Waals surface area contributed by atoms with Gasteiger partial charge in [-0.25, -0.2) is 17.2 Å². The maximum absolute atomic E-state index is 13.2. The van der Waals surface area contributed by atoms with Crippen molar-refractivity contribution in [1.29, 1.82) is 0 Å². The predicted octanol–water partition coefficient (Wildman–Crippen LogP) is 0.731. The van der Waals surface area contributed by atoms with Crippen molar-refractivity contribution >= 4 is 16.0 Å². The fourth-order valence-electron chi connectivity index (χ4n) is 2.34. The molecule has 0 aromatic carbocycles. The average Bonchev–Trinajstić information content (AvgIpc) is 2.79. The van der Waals surface area contributed by atoms with Crippen LogP contribution in [0.1, 0.15) is 25.7 Å². The molecular weight excluding hydrogens is 308 g/mol. The highest BCUT2D eigenvalue weighted by molar-refractivity contribution is 7.89. The van der Waals surface area contributed by atoms with Crippen molar-refractivity contribution in [3.8, 4) is 0 Å². The Morgan fingerprint density at radius 3 is 2.38 bits per heavy atom. The van der Waals surface area contributed by atoms with Crippen LogP contribution in [0.4, 0.5) is 8.78 Å². The number of aliphatic carboxylic acids is 1. The molecule has 0 aliphatic heterocycles. The third-order valence-electron chi connectivity index (χ3n) is 3.63. The molecule has 1 aliphatic rings. The molecule has 0 spiro atoms. The summed E-state index contributed by atoms with van der Waals surface area (Å²) in [5.74, 6) is -4.42. The number of carboxylic acid groups (broad SMARTS) is 1. The quantitative estimate of drug-likeness (QED) is 0.850. The van der Waals surface area contributed by atoms with Gasteiger partial charge < -0.3 is 5.11 Å². The fourth-order valence-corrected chi connectivity index (χ4v) is 3.88. The Morgan fingerprint density at radius 1 is 1.38 bits per heavy atom. The van der Waals surface area contributed by atoms with Gasteiger partial charge in [-0.05, 0) is 18.9 Å². The summed E-state index contributed by atoms with van der Waals surface area (Å²) in [4.78, 5) is 11.4. The summed E-state index contributed by atoms with van der Waals surface area (Å²) in [6.45, 7) is 0. The number of hydrogen-bond donors (Lipinski definition) is 2. The van der Waals surface area contributed by atoms with Crippen LogP contribution in [-0.2, 0) is 21.9 Å². The number of aryl methyl sites for hydroxylation is 1. The number of alkyl halides is 2. The molecule has 0 saturated heterocycles. The summed E-state index contributed by atoms with van der Waals surface area (Å²) in [5.41, 5.74) is -1.91. The van der Waals surface area contributed by atoms with Gasteiger partial charge in [0.25, 0.3) is 10.0 Å². The molecule has 1 aromatic heterocycles. The Bertz CT molecular complexity index is 646. The first-order valence-electron chi connectivity index (χ1n) is 6.21. The lowest BCUT2D eigenvalue weighted by molar-refractivity contribution is -0.149. The Labute approximate surface area is 120 Å². The molecule has 1 aromatic rings. The lowest BCUT2D eigenvalue weighted by atomic mass is 9.81. The normalized spacial score (nSPS) is 21.1. The van der Waals surface area contributed by atoms with E-state index in [-0.39, 0.29) is 5.03 Å².